The molecule has 2 aromatic heterocycles. The van der Waals surface area contributed by atoms with Crippen molar-refractivity contribution < 1.29 is 4.79 Å². The fourth-order valence-corrected chi connectivity index (χ4v) is 1.98. The molecular weight excluding hydrogens is 232 g/mol. The molecule has 2 heterocycles. The van der Waals surface area contributed by atoms with Crippen LogP contribution in [0.2, 0.25) is 0 Å². The summed E-state index contributed by atoms with van der Waals surface area (Å²) in [6.45, 7) is 1.70. The predicted molar refractivity (Wildman–Crippen MR) is 56.4 cm³/mol. The minimum absolute atomic E-state index is 0.0768. The number of H-pyrrole nitrogens is 1. The van der Waals surface area contributed by atoms with Crippen molar-refractivity contribution in [3.05, 3.63) is 20.2 Å². The molecule has 8 nitrogen and oxygen atoms in total. The van der Waals surface area contributed by atoms with E-state index in [-0.39, 0.29) is 10.8 Å². The minimum Gasteiger partial charge on any atom is -0.306 e. The van der Waals surface area contributed by atoms with E-state index in [4.69, 9.17) is 0 Å². The van der Waals surface area contributed by atoms with Gasteiger partial charge in [-0.2, -0.15) is 5.21 Å². The van der Waals surface area contributed by atoms with E-state index >= 15 is 0 Å². The number of tetrazole rings is 1. The largest absolute Gasteiger partial charge is 0.307 e. The van der Waals surface area contributed by atoms with Gasteiger partial charge < -0.3 is 4.57 Å². The van der Waals surface area contributed by atoms with Crippen LogP contribution in [0.5, 0.6) is 0 Å². The molecule has 0 fully saturated rings. The van der Waals surface area contributed by atoms with E-state index < -0.39 is 5.91 Å². The van der Waals surface area contributed by atoms with E-state index in [1.165, 1.54) is 4.57 Å². The highest BCUT2D eigenvalue weighted by Crippen LogP contribution is 2.11. The van der Waals surface area contributed by atoms with Crippen LogP contribution in [-0.2, 0) is 7.05 Å². The van der Waals surface area contributed by atoms with Crippen molar-refractivity contribution in [2.45, 2.75) is 6.92 Å². The number of carbonyl (C=O) groups excluding carboxylic acids is 1. The third-order valence-corrected chi connectivity index (χ3v) is 3.21. The summed E-state index contributed by atoms with van der Waals surface area (Å²) in [7, 11) is 1.61. The summed E-state index contributed by atoms with van der Waals surface area (Å²) in [6.07, 6.45) is 0. The van der Waals surface area contributed by atoms with Crippen molar-refractivity contribution in [1.29, 1.82) is 0 Å². The molecule has 2 aromatic rings. The van der Waals surface area contributed by atoms with Crippen LogP contribution in [-0.4, -0.2) is 31.1 Å². The molecule has 0 aliphatic carbocycles. The fraction of sp³-hybridized carbons (Fsp3) is 0.286. The zero-order valence-corrected chi connectivity index (χ0v) is 9.33. The number of rotatable bonds is 2. The van der Waals surface area contributed by atoms with E-state index in [1.54, 1.807) is 14.0 Å². The molecule has 0 atom stereocenters. The van der Waals surface area contributed by atoms with Crippen molar-refractivity contribution in [1.82, 2.24) is 25.2 Å². The first-order chi connectivity index (χ1) is 7.59. The number of thiazole rings is 1. The van der Waals surface area contributed by atoms with Gasteiger partial charge in [-0.15, -0.1) is 5.10 Å². The molecule has 84 valence electrons. The van der Waals surface area contributed by atoms with Crippen molar-refractivity contribution in [2.75, 3.05) is 5.32 Å². The quantitative estimate of drug-likeness (QED) is 0.737. The molecule has 2 N–H and O–H groups in total. The zero-order chi connectivity index (χ0) is 11.7. The Bertz CT molecular complexity index is 568. The Hall–Kier alpha value is -2.03. The van der Waals surface area contributed by atoms with Gasteiger partial charge in [0.1, 0.15) is 4.88 Å². The van der Waals surface area contributed by atoms with Crippen molar-refractivity contribution in [3.8, 4) is 0 Å². The Morgan fingerprint density at radius 3 is 2.81 bits per heavy atom. The molecule has 2 rings (SSSR count). The first-order valence-corrected chi connectivity index (χ1v) is 5.12. The molecule has 0 aromatic carbocycles. The van der Waals surface area contributed by atoms with Gasteiger partial charge in [-0.1, -0.05) is 16.4 Å². The fourth-order valence-electron chi connectivity index (χ4n) is 1.10. The molecule has 0 saturated heterocycles. The molecule has 0 spiro atoms. The lowest BCUT2D eigenvalue weighted by Gasteiger charge is -1.98. The summed E-state index contributed by atoms with van der Waals surface area (Å²) in [5, 5.41) is 15.1. The van der Waals surface area contributed by atoms with Gasteiger partial charge in [0.05, 0.1) is 0 Å². The standard InChI is InChI=1S/C7H8N6O2S/c1-3-4(16-7(15)13(3)2)5(14)8-6-9-11-12-10-6/h1-2H3,(H2,8,9,10,11,12,14). The summed E-state index contributed by atoms with van der Waals surface area (Å²) in [4.78, 5) is 23.2. The molecule has 16 heavy (non-hydrogen) atoms. The minimum atomic E-state index is -0.415. The van der Waals surface area contributed by atoms with Crippen LogP contribution in [0.4, 0.5) is 5.95 Å². The van der Waals surface area contributed by atoms with E-state index in [9.17, 15) is 9.59 Å². The second-order valence-corrected chi connectivity index (χ2v) is 3.99. The first-order valence-electron chi connectivity index (χ1n) is 4.31. The summed E-state index contributed by atoms with van der Waals surface area (Å²) < 4.78 is 1.41. The van der Waals surface area contributed by atoms with Crippen molar-refractivity contribution in [2.24, 2.45) is 7.05 Å². The number of anilines is 1. The SMILES string of the molecule is Cc1c(C(=O)Nc2nn[nH]n2)sc(=O)n1C. The maximum atomic E-state index is 11.7. The van der Waals surface area contributed by atoms with Gasteiger partial charge in [0.15, 0.2) is 0 Å². The van der Waals surface area contributed by atoms with Crippen LogP contribution in [0.15, 0.2) is 4.79 Å². The summed E-state index contributed by atoms with van der Waals surface area (Å²) in [6, 6.07) is 0. The number of nitrogens with one attached hydrogen (secondary N) is 2. The predicted octanol–water partition coefficient (Wildman–Crippen LogP) is -0.479. The van der Waals surface area contributed by atoms with Gasteiger partial charge in [0.2, 0.25) is 0 Å². The summed E-state index contributed by atoms with van der Waals surface area (Å²) in [5.74, 6) is -0.338. The summed E-state index contributed by atoms with van der Waals surface area (Å²) >= 11 is 0.880. The number of hydrogen-bond donors (Lipinski definition) is 2. The van der Waals surface area contributed by atoms with Gasteiger partial charge in [-0.05, 0) is 12.1 Å². The molecular formula is C7H8N6O2S. The molecule has 0 bridgehead atoms. The third kappa shape index (κ3) is 1.72. The molecule has 0 aliphatic heterocycles. The Balaban J connectivity index is 2.28. The highest BCUT2D eigenvalue weighted by molar-refractivity contribution is 7.11. The van der Waals surface area contributed by atoms with Crippen LogP contribution < -0.4 is 10.2 Å². The number of hydrogen-bond acceptors (Lipinski definition) is 6. The lowest BCUT2D eigenvalue weighted by atomic mass is 10.3. The van der Waals surface area contributed by atoms with Crippen molar-refractivity contribution in [3.63, 3.8) is 0 Å². The second kappa shape index (κ2) is 3.85. The number of aromatic nitrogens is 5. The Morgan fingerprint density at radius 2 is 2.31 bits per heavy atom. The van der Waals surface area contributed by atoms with Crippen LogP contribution in [0, 0.1) is 6.92 Å². The Kier molecular flexibility index (Phi) is 2.52. The number of aromatic amines is 1. The van der Waals surface area contributed by atoms with Crippen molar-refractivity contribution >= 4 is 23.2 Å². The van der Waals surface area contributed by atoms with Gasteiger partial charge in [0, 0.05) is 12.7 Å². The zero-order valence-electron chi connectivity index (χ0n) is 8.51. The molecule has 1 amide bonds. The van der Waals surface area contributed by atoms with E-state index in [1.807, 2.05) is 0 Å². The normalized spacial score (nSPS) is 10.4. The van der Waals surface area contributed by atoms with E-state index in [0.29, 0.717) is 10.6 Å². The topological polar surface area (TPSA) is 106 Å². The highest BCUT2D eigenvalue weighted by atomic mass is 32.1. The van der Waals surface area contributed by atoms with Gasteiger partial charge >= 0.3 is 4.87 Å². The summed E-state index contributed by atoms with van der Waals surface area (Å²) in [5.41, 5.74) is 0.607. The van der Waals surface area contributed by atoms with E-state index in [2.05, 4.69) is 25.9 Å². The van der Waals surface area contributed by atoms with Crippen LogP contribution in [0.1, 0.15) is 15.4 Å². The first kappa shape index (κ1) is 10.5. The number of amides is 1. The van der Waals surface area contributed by atoms with Gasteiger partial charge in [-0.3, -0.25) is 14.9 Å². The van der Waals surface area contributed by atoms with Crippen LogP contribution >= 0.6 is 11.3 Å². The Morgan fingerprint density at radius 1 is 1.56 bits per heavy atom. The lowest BCUT2D eigenvalue weighted by molar-refractivity contribution is 0.102. The smallest absolute Gasteiger partial charge is 0.306 e. The Labute approximate surface area is 93.3 Å². The van der Waals surface area contributed by atoms with Crippen LogP contribution in [0.25, 0.3) is 0 Å². The average molecular weight is 240 g/mol. The molecule has 0 radical (unpaired) electrons. The maximum absolute atomic E-state index is 11.7. The lowest BCUT2D eigenvalue weighted by Crippen LogP contribution is -2.13. The number of nitrogens with zero attached hydrogens (tertiary/aromatic N) is 4. The maximum Gasteiger partial charge on any atom is 0.307 e. The monoisotopic (exact) mass is 240 g/mol. The third-order valence-electron chi connectivity index (χ3n) is 2.07. The average Bonchev–Trinajstić information content (AvgIpc) is 2.83. The number of carbonyl (C=O) groups is 1. The van der Waals surface area contributed by atoms with Gasteiger partial charge in [-0.25, -0.2) is 0 Å². The van der Waals surface area contributed by atoms with Gasteiger partial charge in [0.25, 0.3) is 11.9 Å². The van der Waals surface area contributed by atoms with E-state index in [0.717, 1.165) is 11.3 Å². The highest BCUT2D eigenvalue weighted by Gasteiger charge is 2.16. The second-order valence-electron chi connectivity index (χ2n) is 3.03. The molecule has 9 heteroatoms. The molecule has 0 saturated carbocycles. The van der Waals surface area contributed by atoms with Crippen LogP contribution in [0.3, 0.4) is 0 Å². The molecule has 0 aliphatic rings. The molecule has 0 unspecified atom stereocenters.